The van der Waals surface area contributed by atoms with Crippen LogP contribution >= 0.6 is 0 Å². The van der Waals surface area contributed by atoms with Gasteiger partial charge >= 0.3 is 0 Å². The molecule has 1 nitrogen and oxygen atoms in total. The molecule has 1 rings (SSSR count). The van der Waals surface area contributed by atoms with E-state index in [0.29, 0.717) is 6.42 Å². The van der Waals surface area contributed by atoms with Gasteiger partial charge in [0.2, 0.25) is 0 Å². The van der Waals surface area contributed by atoms with E-state index >= 15 is 0 Å². The lowest BCUT2D eigenvalue weighted by atomic mass is 9.89. The molecule has 0 aliphatic heterocycles. The monoisotopic (exact) mass is 163 g/mol. The number of rotatable bonds is 2. The molecule has 0 bridgehead atoms. The van der Waals surface area contributed by atoms with Gasteiger partial charge in [-0.3, -0.25) is 0 Å². The molecule has 0 saturated heterocycles. The number of halogens is 2. The quantitative estimate of drug-likeness (QED) is 0.656. The van der Waals surface area contributed by atoms with Crippen LogP contribution in [0.2, 0.25) is 0 Å². The largest absolute Gasteiger partial charge is 0.309 e. The zero-order chi connectivity index (χ0) is 8.48. The summed E-state index contributed by atoms with van der Waals surface area (Å²) in [7, 11) is 1.63. The van der Waals surface area contributed by atoms with Crippen molar-refractivity contribution in [3.05, 3.63) is 0 Å². The van der Waals surface area contributed by atoms with E-state index in [1.165, 1.54) is 0 Å². The molecule has 1 aliphatic carbocycles. The molecular weight excluding hydrogens is 148 g/mol. The van der Waals surface area contributed by atoms with E-state index in [1.54, 1.807) is 7.05 Å². The van der Waals surface area contributed by atoms with Gasteiger partial charge in [-0.25, -0.2) is 8.78 Å². The minimum absolute atomic E-state index is 0.104. The lowest BCUT2D eigenvalue weighted by molar-refractivity contribution is 0.0150. The maximum Gasteiger partial charge on any atom is 0.256 e. The van der Waals surface area contributed by atoms with E-state index in [1.807, 2.05) is 6.92 Å². The van der Waals surface area contributed by atoms with Crippen molar-refractivity contribution in [2.24, 2.45) is 5.92 Å². The third kappa shape index (κ3) is 1.26. The van der Waals surface area contributed by atoms with Crippen LogP contribution in [0.1, 0.15) is 26.2 Å². The summed E-state index contributed by atoms with van der Waals surface area (Å²) in [6.07, 6.45) is 0.227. The molecule has 0 radical (unpaired) electrons. The van der Waals surface area contributed by atoms with Gasteiger partial charge in [0.05, 0.1) is 5.54 Å². The lowest BCUT2D eigenvalue weighted by Gasteiger charge is -2.32. The van der Waals surface area contributed by atoms with Crippen molar-refractivity contribution in [1.29, 1.82) is 0 Å². The van der Waals surface area contributed by atoms with Crippen molar-refractivity contribution in [1.82, 2.24) is 5.32 Å². The fourth-order valence-corrected chi connectivity index (χ4v) is 2.01. The first kappa shape index (κ1) is 8.91. The molecule has 11 heavy (non-hydrogen) atoms. The van der Waals surface area contributed by atoms with Crippen LogP contribution in [0, 0.1) is 5.92 Å². The van der Waals surface area contributed by atoms with Gasteiger partial charge in [0.15, 0.2) is 0 Å². The summed E-state index contributed by atoms with van der Waals surface area (Å²) >= 11 is 0. The minimum Gasteiger partial charge on any atom is -0.309 e. The predicted octanol–water partition coefficient (Wildman–Crippen LogP) is 2.03. The number of alkyl halides is 2. The highest BCUT2D eigenvalue weighted by Crippen LogP contribution is 2.39. The summed E-state index contributed by atoms with van der Waals surface area (Å²) in [5.41, 5.74) is -0.889. The summed E-state index contributed by atoms with van der Waals surface area (Å²) < 4.78 is 25.2. The molecule has 1 saturated carbocycles. The standard InChI is InChI=1S/C8H15F2N/c1-6-4-3-5-8(6,11-2)7(9)10/h6-7,11H,3-5H2,1-2H3. The molecule has 0 aromatic carbocycles. The number of hydrogen-bond acceptors (Lipinski definition) is 1. The van der Waals surface area contributed by atoms with E-state index in [0.717, 1.165) is 12.8 Å². The van der Waals surface area contributed by atoms with Gasteiger partial charge in [0.25, 0.3) is 6.43 Å². The van der Waals surface area contributed by atoms with E-state index in [-0.39, 0.29) is 5.92 Å². The normalized spacial score (nSPS) is 38.5. The van der Waals surface area contributed by atoms with Crippen molar-refractivity contribution in [3.8, 4) is 0 Å². The molecule has 1 aliphatic rings. The van der Waals surface area contributed by atoms with Gasteiger partial charge in [0, 0.05) is 0 Å². The first-order chi connectivity index (χ1) is 5.13. The van der Waals surface area contributed by atoms with Crippen LogP contribution < -0.4 is 5.32 Å². The Hall–Kier alpha value is -0.180. The minimum atomic E-state index is -2.23. The smallest absolute Gasteiger partial charge is 0.256 e. The van der Waals surface area contributed by atoms with Crippen LogP contribution in [0.25, 0.3) is 0 Å². The average Bonchev–Trinajstić information content (AvgIpc) is 2.32. The van der Waals surface area contributed by atoms with Gasteiger partial charge in [-0.15, -0.1) is 0 Å². The van der Waals surface area contributed by atoms with Crippen LogP contribution in [0.15, 0.2) is 0 Å². The van der Waals surface area contributed by atoms with Gasteiger partial charge in [-0.2, -0.15) is 0 Å². The highest BCUT2D eigenvalue weighted by atomic mass is 19.3. The Bertz CT molecular complexity index is 138. The van der Waals surface area contributed by atoms with Crippen LogP contribution in [0.5, 0.6) is 0 Å². The number of nitrogens with one attached hydrogen (secondary N) is 1. The maximum atomic E-state index is 12.6. The molecule has 3 heteroatoms. The Morgan fingerprint density at radius 1 is 1.55 bits per heavy atom. The fourth-order valence-electron chi connectivity index (χ4n) is 2.01. The second-order valence-electron chi connectivity index (χ2n) is 3.38. The lowest BCUT2D eigenvalue weighted by Crippen LogP contribution is -2.51. The molecule has 2 unspecified atom stereocenters. The number of hydrogen-bond donors (Lipinski definition) is 1. The van der Waals surface area contributed by atoms with Crippen LogP contribution in [0.3, 0.4) is 0 Å². The van der Waals surface area contributed by atoms with Crippen LogP contribution in [0.4, 0.5) is 8.78 Å². The summed E-state index contributed by atoms with van der Waals surface area (Å²) in [5, 5.41) is 2.78. The van der Waals surface area contributed by atoms with Crippen LogP contribution in [-0.4, -0.2) is 19.0 Å². The summed E-state index contributed by atoms with van der Waals surface area (Å²) in [5.74, 6) is 0.104. The molecule has 0 heterocycles. The fraction of sp³-hybridized carbons (Fsp3) is 1.00. The van der Waals surface area contributed by atoms with E-state index < -0.39 is 12.0 Å². The average molecular weight is 163 g/mol. The van der Waals surface area contributed by atoms with E-state index in [9.17, 15) is 8.78 Å². The van der Waals surface area contributed by atoms with Crippen molar-refractivity contribution in [2.75, 3.05) is 7.05 Å². The van der Waals surface area contributed by atoms with Crippen molar-refractivity contribution in [3.63, 3.8) is 0 Å². The zero-order valence-electron chi connectivity index (χ0n) is 7.03. The summed E-state index contributed by atoms with van der Waals surface area (Å²) in [6.45, 7) is 1.90. The highest BCUT2D eigenvalue weighted by Gasteiger charge is 2.46. The zero-order valence-corrected chi connectivity index (χ0v) is 7.03. The molecular formula is C8H15F2N. The molecule has 1 fully saturated rings. The van der Waals surface area contributed by atoms with Gasteiger partial charge in [0.1, 0.15) is 0 Å². The molecule has 0 aromatic heterocycles. The van der Waals surface area contributed by atoms with E-state index in [2.05, 4.69) is 5.32 Å². The Morgan fingerprint density at radius 2 is 2.18 bits per heavy atom. The second-order valence-corrected chi connectivity index (χ2v) is 3.38. The first-order valence-electron chi connectivity index (χ1n) is 4.10. The highest BCUT2D eigenvalue weighted by molar-refractivity contribution is 4.98. The van der Waals surface area contributed by atoms with Crippen molar-refractivity contribution >= 4 is 0 Å². The Morgan fingerprint density at radius 3 is 2.36 bits per heavy atom. The third-order valence-corrected chi connectivity index (χ3v) is 2.96. The molecule has 0 aromatic rings. The second kappa shape index (κ2) is 3.05. The van der Waals surface area contributed by atoms with Gasteiger partial charge < -0.3 is 5.32 Å². The molecule has 2 atom stereocenters. The predicted molar refractivity (Wildman–Crippen MR) is 40.8 cm³/mol. The Balaban J connectivity index is 2.73. The maximum absolute atomic E-state index is 12.6. The Labute approximate surface area is 66.2 Å². The first-order valence-corrected chi connectivity index (χ1v) is 4.10. The van der Waals surface area contributed by atoms with Crippen molar-refractivity contribution < 1.29 is 8.78 Å². The molecule has 1 N–H and O–H groups in total. The summed E-state index contributed by atoms with van der Waals surface area (Å²) in [4.78, 5) is 0. The Kier molecular flexibility index (Phi) is 2.47. The topological polar surface area (TPSA) is 12.0 Å². The van der Waals surface area contributed by atoms with E-state index in [4.69, 9.17) is 0 Å². The molecule has 66 valence electrons. The molecule has 0 amide bonds. The third-order valence-electron chi connectivity index (χ3n) is 2.96. The summed E-state index contributed by atoms with van der Waals surface area (Å²) in [6, 6.07) is 0. The van der Waals surface area contributed by atoms with Crippen molar-refractivity contribution in [2.45, 2.75) is 38.2 Å². The molecule has 0 spiro atoms. The van der Waals surface area contributed by atoms with Gasteiger partial charge in [-0.1, -0.05) is 13.3 Å². The SMILES string of the molecule is CNC1(C(F)F)CCCC1C. The van der Waals surface area contributed by atoms with Crippen LogP contribution in [-0.2, 0) is 0 Å². The van der Waals surface area contributed by atoms with Gasteiger partial charge in [-0.05, 0) is 25.8 Å².